The Morgan fingerprint density at radius 2 is 1.86 bits per heavy atom. The summed E-state index contributed by atoms with van der Waals surface area (Å²) in [6.07, 6.45) is 4.89. The minimum atomic E-state index is -3.84. The third-order valence-corrected chi connectivity index (χ3v) is 7.01. The highest BCUT2D eigenvalue weighted by Crippen LogP contribution is 2.30. The second-order valence-electron chi connectivity index (χ2n) is 6.81. The number of anilines is 1. The molecule has 0 radical (unpaired) electrons. The highest BCUT2D eigenvalue weighted by atomic mass is 32.2. The number of sulfonamides is 1. The highest BCUT2D eigenvalue weighted by molar-refractivity contribution is 7.89. The van der Waals surface area contributed by atoms with Gasteiger partial charge in [-0.1, -0.05) is 0 Å². The topological polar surface area (TPSA) is 83.5 Å². The first kappa shape index (κ1) is 18.5. The molecule has 0 saturated carbocycles. The summed E-state index contributed by atoms with van der Waals surface area (Å²) in [5, 5.41) is 0.577. The van der Waals surface area contributed by atoms with Crippen molar-refractivity contribution in [2.45, 2.75) is 18.7 Å². The number of aromatic nitrogens is 2. The Morgan fingerprint density at radius 1 is 1.07 bits per heavy atom. The Labute approximate surface area is 163 Å². The van der Waals surface area contributed by atoms with E-state index in [1.807, 2.05) is 13.8 Å². The van der Waals surface area contributed by atoms with E-state index < -0.39 is 10.0 Å². The molecule has 3 heterocycles. The van der Waals surface area contributed by atoms with Gasteiger partial charge in [-0.15, -0.1) is 0 Å². The fourth-order valence-electron chi connectivity index (χ4n) is 3.47. The van der Waals surface area contributed by atoms with E-state index in [0.29, 0.717) is 16.6 Å². The van der Waals surface area contributed by atoms with E-state index in [1.54, 1.807) is 53.8 Å². The van der Waals surface area contributed by atoms with Crippen LogP contribution < -0.4 is 4.90 Å². The normalized spacial score (nSPS) is 15.9. The molecule has 1 saturated heterocycles. The van der Waals surface area contributed by atoms with Crippen LogP contribution in [-0.2, 0) is 14.8 Å². The first-order valence-corrected chi connectivity index (χ1v) is 10.4. The van der Waals surface area contributed by atoms with Gasteiger partial charge in [-0.3, -0.25) is 14.8 Å². The van der Waals surface area contributed by atoms with E-state index in [2.05, 4.69) is 9.97 Å². The number of fused-ring (bicyclic) bond motifs is 1. The number of hydrogen-bond acceptors (Lipinski definition) is 5. The summed E-state index contributed by atoms with van der Waals surface area (Å²) < 4.78 is 28.0. The average molecular weight is 396 g/mol. The summed E-state index contributed by atoms with van der Waals surface area (Å²) in [7, 11) is -3.84. The first-order valence-electron chi connectivity index (χ1n) is 8.95. The molecule has 0 N–H and O–H groups in total. The van der Waals surface area contributed by atoms with Crippen LogP contribution in [0.3, 0.4) is 0 Å². The van der Waals surface area contributed by atoms with Crippen molar-refractivity contribution in [3.63, 3.8) is 0 Å². The zero-order valence-electron chi connectivity index (χ0n) is 15.7. The summed E-state index contributed by atoms with van der Waals surface area (Å²) in [5.41, 5.74) is 3.14. The predicted molar refractivity (Wildman–Crippen MR) is 107 cm³/mol. The maximum atomic E-state index is 13.4. The number of rotatable bonds is 3. The molecule has 1 amide bonds. The second-order valence-corrected chi connectivity index (χ2v) is 8.72. The molecule has 0 spiro atoms. The molecule has 2 aromatic heterocycles. The third kappa shape index (κ3) is 3.04. The van der Waals surface area contributed by atoms with Crippen molar-refractivity contribution >= 4 is 32.5 Å². The van der Waals surface area contributed by atoms with Crippen molar-refractivity contribution in [1.82, 2.24) is 14.3 Å². The summed E-state index contributed by atoms with van der Waals surface area (Å²) in [5.74, 6) is -0.269. The quantitative estimate of drug-likeness (QED) is 0.678. The lowest BCUT2D eigenvalue weighted by Gasteiger charge is -2.33. The molecule has 4 rings (SSSR count). The van der Waals surface area contributed by atoms with E-state index in [1.165, 1.54) is 4.31 Å². The Kier molecular flexibility index (Phi) is 4.60. The molecule has 1 fully saturated rings. The number of aryl methyl sites for hydroxylation is 2. The number of carbonyl (C=O) groups excluding carboxylic acids is 1. The second kappa shape index (κ2) is 6.96. The van der Waals surface area contributed by atoms with E-state index in [-0.39, 0.29) is 30.4 Å². The predicted octanol–water partition coefficient (Wildman–Crippen LogP) is 2.28. The smallest absolute Gasteiger partial charge is 0.244 e. The van der Waals surface area contributed by atoms with E-state index in [0.717, 1.165) is 11.1 Å². The van der Waals surface area contributed by atoms with Crippen molar-refractivity contribution < 1.29 is 13.2 Å². The Hall–Kier alpha value is -2.84. The number of hydrogen-bond donors (Lipinski definition) is 0. The lowest BCUT2D eigenvalue weighted by Crippen LogP contribution is -2.52. The van der Waals surface area contributed by atoms with Gasteiger partial charge in [-0.25, -0.2) is 8.42 Å². The molecular formula is C20H20N4O3S. The Balaban J connectivity index is 1.70. The SMILES string of the molecule is Cc1cc(S(=O)(=O)N2CCN(c3cccnc3)C(=O)C2)c2cccnc2c1C. The monoisotopic (exact) mass is 396 g/mol. The molecule has 7 nitrogen and oxygen atoms in total. The van der Waals surface area contributed by atoms with E-state index in [9.17, 15) is 13.2 Å². The summed E-state index contributed by atoms with van der Waals surface area (Å²) in [4.78, 5) is 22.8. The van der Waals surface area contributed by atoms with Crippen molar-refractivity contribution in [1.29, 1.82) is 0 Å². The average Bonchev–Trinajstić information content (AvgIpc) is 2.71. The van der Waals surface area contributed by atoms with Gasteiger partial charge in [0.05, 0.1) is 28.8 Å². The molecule has 0 atom stereocenters. The van der Waals surface area contributed by atoms with E-state index in [4.69, 9.17) is 0 Å². The minimum absolute atomic E-state index is 0.196. The fourth-order valence-corrected chi connectivity index (χ4v) is 5.12. The molecule has 0 unspecified atom stereocenters. The van der Waals surface area contributed by atoms with Crippen molar-refractivity contribution in [2.24, 2.45) is 0 Å². The summed E-state index contributed by atoms with van der Waals surface area (Å²) >= 11 is 0. The zero-order valence-corrected chi connectivity index (χ0v) is 16.5. The van der Waals surface area contributed by atoms with Gasteiger partial charge >= 0.3 is 0 Å². The molecule has 28 heavy (non-hydrogen) atoms. The van der Waals surface area contributed by atoms with Crippen LogP contribution >= 0.6 is 0 Å². The number of piperazine rings is 1. The maximum Gasteiger partial charge on any atom is 0.244 e. The highest BCUT2D eigenvalue weighted by Gasteiger charge is 2.34. The third-order valence-electron chi connectivity index (χ3n) is 5.13. The molecule has 3 aromatic rings. The van der Waals surface area contributed by atoms with Crippen LogP contribution in [0.1, 0.15) is 11.1 Å². The van der Waals surface area contributed by atoms with Crippen LogP contribution in [0.5, 0.6) is 0 Å². The largest absolute Gasteiger partial charge is 0.308 e. The van der Waals surface area contributed by atoms with Gasteiger partial charge in [0.25, 0.3) is 0 Å². The van der Waals surface area contributed by atoms with Gasteiger partial charge < -0.3 is 4.90 Å². The molecule has 144 valence electrons. The van der Waals surface area contributed by atoms with Gasteiger partial charge in [0.2, 0.25) is 15.9 Å². The summed E-state index contributed by atoms with van der Waals surface area (Å²) in [6, 6.07) is 8.70. The van der Waals surface area contributed by atoms with Gasteiger partial charge in [-0.2, -0.15) is 4.31 Å². The zero-order chi connectivity index (χ0) is 19.9. The molecule has 1 aromatic carbocycles. The molecule has 8 heteroatoms. The Morgan fingerprint density at radius 3 is 2.57 bits per heavy atom. The lowest BCUT2D eigenvalue weighted by atomic mass is 10.1. The van der Waals surface area contributed by atoms with E-state index >= 15 is 0 Å². The van der Waals surface area contributed by atoms with Gasteiger partial charge in [0.1, 0.15) is 0 Å². The number of amides is 1. The van der Waals surface area contributed by atoms with Crippen molar-refractivity contribution in [3.05, 3.63) is 60.0 Å². The van der Waals surface area contributed by atoms with Crippen molar-refractivity contribution in [2.75, 3.05) is 24.5 Å². The number of carbonyl (C=O) groups is 1. The number of nitrogens with zero attached hydrogens (tertiary/aromatic N) is 4. The van der Waals surface area contributed by atoms with Crippen LogP contribution in [0.25, 0.3) is 10.9 Å². The van der Waals surface area contributed by atoms with Crippen molar-refractivity contribution in [3.8, 4) is 0 Å². The van der Waals surface area contributed by atoms with Crippen LogP contribution in [0.15, 0.2) is 53.8 Å². The molecule has 0 bridgehead atoms. The van der Waals surface area contributed by atoms with Crippen LogP contribution in [-0.4, -0.2) is 48.2 Å². The van der Waals surface area contributed by atoms with Crippen LogP contribution in [0.2, 0.25) is 0 Å². The standard InChI is InChI=1S/C20H20N4O3S/c1-14-11-18(17-6-4-8-22-20(17)15(14)2)28(26,27)23-9-10-24(19(25)13-23)16-5-3-7-21-12-16/h3-8,11-12H,9-10,13H2,1-2H3. The molecule has 1 aliphatic rings. The molecule has 0 aliphatic carbocycles. The summed E-state index contributed by atoms with van der Waals surface area (Å²) in [6.45, 7) is 4.10. The van der Waals surface area contributed by atoms with Gasteiger partial charge in [0.15, 0.2) is 0 Å². The van der Waals surface area contributed by atoms with Crippen LogP contribution in [0.4, 0.5) is 5.69 Å². The van der Waals surface area contributed by atoms with Gasteiger partial charge in [0, 0.05) is 30.9 Å². The van der Waals surface area contributed by atoms with Crippen LogP contribution in [0, 0.1) is 13.8 Å². The maximum absolute atomic E-state index is 13.4. The minimum Gasteiger partial charge on any atom is -0.308 e. The lowest BCUT2D eigenvalue weighted by molar-refractivity contribution is -0.119. The Bertz CT molecular complexity index is 1160. The fraction of sp³-hybridized carbons (Fsp3) is 0.250. The molecular weight excluding hydrogens is 376 g/mol. The first-order chi connectivity index (χ1) is 13.4. The van der Waals surface area contributed by atoms with Gasteiger partial charge in [-0.05, 0) is 55.3 Å². The number of benzene rings is 1. The molecule has 1 aliphatic heterocycles. The number of pyridine rings is 2.